The van der Waals surface area contributed by atoms with Crippen LogP contribution in [-0.4, -0.2) is 31.8 Å². The number of halogens is 2. The molecular formula is C24H25F2N3O3S. The van der Waals surface area contributed by atoms with E-state index in [4.69, 9.17) is 4.74 Å². The van der Waals surface area contributed by atoms with Crippen LogP contribution in [0, 0.1) is 11.3 Å². The summed E-state index contributed by atoms with van der Waals surface area (Å²) in [5.41, 5.74) is 3.25. The minimum Gasteiger partial charge on any atom is -0.488 e. The predicted molar refractivity (Wildman–Crippen MR) is 124 cm³/mol. The summed E-state index contributed by atoms with van der Waals surface area (Å²) >= 11 is 0. The van der Waals surface area contributed by atoms with Gasteiger partial charge in [-0.15, -0.1) is 0 Å². The highest BCUT2D eigenvalue weighted by Gasteiger charge is 2.28. The molecule has 9 heteroatoms. The molecule has 1 N–H and O–H groups in total. The first-order chi connectivity index (χ1) is 15.8. The first kappa shape index (κ1) is 23.1. The topological polar surface area (TPSA) is 84.1 Å². The molecule has 1 aliphatic rings. The quantitative estimate of drug-likeness (QED) is 0.432. The summed E-state index contributed by atoms with van der Waals surface area (Å²) < 4.78 is 59.3. The number of nitrogens with one attached hydrogen (secondary N) is 1. The fraction of sp³-hybridized carbons (Fsp3) is 0.375. The lowest BCUT2D eigenvalue weighted by Gasteiger charge is -2.30. The van der Waals surface area contributed by atoms with Crippen molar-refractivity contribution in [2.45, 2.75) is 45.1 Å². The molecule has 0 atom stereocenters. The molecule has 6 nitrogen and oxygen atoms in total. The number of aromatic nitrogens is 1. The second kappa shape index (κ2) is 9.40. The van der Waals surface area contributed by atoms with Gasteiger partial charge in [-0.3, -0.25) is 4.72 Å². The summed E-state index contributed by atoms with van der Waals surface area (Å²) in [5, 5.41) is 10.7. The van der Waals surface area contributed by atoms with Crippen molar-refractivity contribution in [1.82, 2.24) is 4.57 Å². The average Bonchev–Trinajstić information content (AvgIpc) is 3.04. The van der Waals surface area contributed by atoms with E-state index in [2.05, 4.69) is 15.4 Å². The van der Waals surface area contributed by atoms with Gasteiger partial charge in [0.2, 0.25) is 10.0 Å². The number of hydrogen-bond donors (Lipinski definition) is 1. The third-order valence-electron chi connectivity index (χ3n) is 5.81. The fourth-order valence-corrected chi connectivity index (χ4v) is 5.29. The van der Waals surface area contributed by atoms with E-state index >= 15 is 0 Å². The zero-order chi connectivity index (χ0) is 23.6. The van der Waals surface area contributed by atoms with Gasteiger partial charge in [-0.05, 0) is 55.5 Å². The van der Waals surface area contributed by atoms with Crippen LogP contribution in [0.25, 0.3) is 22.2 Å². The Balaban J connectivity index is 1.78. The van der Waals surface area contributed by atoms with Crippen molar-refractivity contribution >= 4 is 26.6 Å². The number of fused-ring (bicyclic) bond motifs is 1. The minimum absolute atomic E-state index is 0.0409. The molecule has 1 heterocycles. The zero-order valence-corrected chi connectivity index (χ0v) is 19.0. The number of nitriles is 1. The van der Waals surface area contributed by atoms with E-state index in [1.165, 1.54) is 0 Å². The van der Waals surface area contributed by atoms with E-state index in [0.29, 0.717) is 23.4 Å². The Labute approximate surface area is 191 Å². The molecule has 1 aromatic heterocycles. The standard InChI is InChI=1S/C24H25F2N3O3S/c1-2-12-33(30,31)28-17-8-6-16(7-9-17)24-21(14-27)20-11-10-19(32-15-23(25)26)13-22(20)29(24)18-4-3-5-18/h6-11,13,18,23,28H,2-5,12,15H2,1H3. The lowest BCUT2D eigenvalue weighted by atomic mass is 9.92. The highest BCUT2D eigenvalue weighted by molar-refractivity contribution is 7.92. The lowest BCUT2D eigenvalue weighted by molar-refractivity contribution is 0.0819. The molecule has 0 unspecified atom stereocenters. The van der Waals surface area contributed by atoms with E-state index < -0.39 is 23.1 Å². The van der Waals surface area contributed by atoms with Crippen LogP contribution in [0.5, 0.6) is 5.75 Å². The van der Waals surface area contributed by atoms with Crippen molar-refractivity contribution in [1.29, 1.82) is 5.26 Å². The third-order valence-corrected chi connectivity index (χ3v) is 7.30. The van der Waals surface area contributed by atoms with Crippen LogP contribution < -0.4 is 9.46 Å². The Morgan fingerprint density at radius 1 is 1.21 bits per heavy atom. The maximum absolute atomic E-state index is 12.6. The molecular weight excluding hydrogens is 448 g/mol. The molecule has 0 bridgehead atoms. The Morgan fingerprint density at radius 3 is 2.52 bits per heavy atom. The lowest BCUT2D eigenvalue weighted by Crippen LogP contribution is -2.18. The van der Waals surface area contributed by atoms with Gasteiger partial charge in [0.15, 0.2) is 0 Å². The molecule has 1 aliphatic carbocycles. The molecule has 0 aliphatic heterocycles. The summed E-state index contributed by atoms with van der Waals surface area (Å²) in [6.07, 6.45) is 0.934. The van der Waals surface area contributed by atoms with Crippen molar-refractivity contribution in [3.63, 3.8) is 0 Å². The van der Waals surface area contributed by atoms with Crippen LogP contribution in [0.3, 0.4) is 0 Å². The van der Waals surface area contributed by atoms with Crippen molar-refractivity contribution in [2.75, 3.05) is 17.1 Å². The number of nitrogens with zero attached hydrogens (tertiary/aromatic N) is 2. The number of sulfonamides is 1. The number of anilines is 1. The molecule has 4 rings (SSSR count). The Bertz CT molecular complexity index is 1290. The van der Waals surface area contributed by atoms with Gasteiger partial charge in [0, 0.05) is 23.2 Å². The van der Waals surface area contributed by atoms with E-state index in [0.717, 1.165) is 41.4 Å². The van der Waals surface area contributed by atoms with E-state index in [9.17, 15) is 22.5 Å². The molecule has 0 spiro atoms. The Morgan fingerprint density at radius 2 is 1.94 bits per heavy atom. The zero-order valence-electron chi connectivity index (χ0n) is 18.2. The summed E-state index contributed by atoms with van der Waals surface area (Å²) in [4.78, 5) is 0. The van der Waals surface area contributed by atoms with Gasteiger partial charge < -0.3 is 9.30 Å². The molecule has 1 fully saturated rings. The second-order valence-electron chi connectivity index (χ2n) is 8.17. The molecule has 0 amide bonds. The van der Waals surface area contributed by atoms with E-state index in [1.54, 1.807) is 49.4 Å². The van der Waals surface area contributed by atoms with Crippen LogP contribution in [-0.2, 0) is 10.0 Å². The molecule has 3 aromatic rings. The van der Waals surface area contributed by atoms with Crippen molar-refractivity contribution in [2.24, 2.45) is 0 Å². The van der Waals surface area contributed by atoms with Crippen LogP contribution in [0.2, 0.25) is 0 Å². The average molecular weight is 474 g/mol. The van der Waals surface area contributed by atoms with Crippen LogP contribution >= 0.6 is 0 Å². The van der Waals surface area contributed by atoms with Crippen LogP contribution in [0.1, 0.15) is 44.2 Å². The Kier molecular flexibility index (Phi) is 6.56. The fourth-order valence-electron chi connectivity index (χ4n) is 4.16. The van der Waals surface area contributed by atoms with Gasteiger partial charge in [-0.2, -0.15) is 5.26 Å². The van der Waals surface area contributed by atoms with Crippen molar-refractivity contribution in [3.8, 4) is 23.1 Å². The maximum atomic E-state index is 12.6. The molecule has 2 aromatic carbocycles. The van der Waals surface area contributed by atoms with Crippen LogP contribution in [0.4, 0.5) is 14.5 Å². The second-order valence-corrected chi connectivity index (χ2v) is 10.0. The van der Waals surface area contributed by atoms with Gasteiger partial charge >= 0.3 is 0 Å². The first-order valence-corrected chi connectivity index (χ1v) is 12.6. The van der Waals surface area contributed by atoms with Gasteiger partial charge in [-0.25, -0.2) is 17.2 Å². The highest BCUT2D eigenvalue weighted by atomic mass is 32.2. The van der Waals surface area contributed by atoms with Crippen molar-refractivity contribution in [3.05, 3.63) is 48.0 Å². The molecule has 0 radical (unpaired) electrons. The summed E-state index contributed by atoms with van der Waals surface area (Å²) in [7, 11) is -3.40. The normalized spacial score (nSPS) is 14.3. The van der Waals surface area contributed by atoms with E-state index in [-0.39, 0.29) is 11.8 Å². The summed E-state index contributed by atoms with van der Waals surface area (Å²) in [6.45, 7) is 1.11. The maximum Gasteiger partial charge on any atom is 0.272 e. The number of benzene rings is 2. The highest BCUT2D eigenvalue weighted by Crippen LogP contribution is 2.43. The molecule has 1 saturated carbocycles. The number of ether oxygens (including phenoxy) is 1. The van der Waals surface area contributed by atoms with E-state index in [1.807, 2.05) is 0 Å². The molecule has 0 saturated heterocycles. The molecule has 174 valence electrons. The van der Waals surface area contributed by atoms with Crippen LogP contribution in [0.15, 0.2) is 42.5 Å². The molecule has 33 heavy (non-hydrogen) atoms. The van der Waals surface area contributed by atoms with Crippen molar-refractivity contribution < 1.29 is 21.9 Å². The third kappa shape index (κ3) is 4.81. The largest absolute Gasteiger partial charge is 0.488 e. The summed E-state index contributed by atoms with van der Waals surface area (Å²) in [5.74, 6) is 0.372. The number of hydrogen-bond acceptors (Lipinski definition) is 4. The van der Waals surface area contributed by atoms with Gasteiger partial charge in [0.25, 0.3) is 6.43 Å². The van der Waals surface area contributed by atoms with Gasteiger partial charge in [-0.1, -0.05) is 19.1 Å². The SMILES string of the molecule is CCCS(=O)(=O)Nc1ccc(-c2c(C#N)c3ccc(OCC(F)F)cc3n2C2CCC2)cc1. The number of rotatable bonds is 9. The number of alkyl halides is 2. The minimum atomic E-state index is -3.40. The predicted octanol–water partition coefficient (Wildman–Crippen LogP) is 5.70. The monoisotopic (exact) mass is 473 g/mol. The van der Waals surface area contributed by atoms with Gasteiger partial charge in [0.1, 0.15) is 18.4 Å². The summed E-state index contributed by atoms with van der Waals surface area (Å²) in [6, 6.07) is 14.5. The van der Waals surface area contributed by atoms with Gasteiger partial charge in [0.05, 0.1) is 22.5 Å². The Hall–Kier alpha value is -3.12. The first-order valence-electron chi connectivity index (χ1n) is 10.9. The smallest absolute Gasteiger partial charge is 0.272 e.